The molecule has 0 saturated heterocycles. The molecule has 1 atom stereocenters. The van der Waals surface area contributed by atoms with Crippen LogP contribution in [0.3, 0.4) is 0 Å². The molecule has 7 heteroatoms. The second kappa shape index (κ2) is 6.03. The summed E-state index contributed by atoms with van der Waals surface area (Å²) in [5.74, 6) is 6.53. The van der Waals surface area contributed by atoms with Gasteiger partial charge in [-0.25, -0.2) is 15.6 Å². The fraction of sp³-hybridized carbons (Fsp3) is 0.357. The van der Waals surface area contributed by atoms with Crippen molar-refractivity contribution in [3.63, 3.8) is 0 Å². The minimum Gasteiger partial charge on any atom is -0.464 e. The van der Waals surface area contributed by atoms with Crippen LogP contribution in [-0.4, -0.2) is 25.8 Å². The zero-order chi connectivity index (χ0) is 15.7. The predicted molar refractivity (Wildman–Crippen MR) is 84.5 cm³/mol. The number of nitrogens with zero attached hydrogens (tertiary/aromatic N) is 3. The molecule has 0 spiro atoms. The van der Waals surface area contributed by atoms with E-state index >= 15 is 0 Å². The highest BCUT2D eigenvalue weighted by atomic mass is 79.9. The maximum atomic E-state index is 11.2. The van der Waals surface area contributed by atoms with Crippen LogP contribution in [0, 0.1) is 5.92 Å². The van der Waals surface area contributed by atoms with Crippen molar-refractivity contribution in [2.24, 2.45) is 5.84 Å². The average molecular weight is 354 g/mol. The minimum atomic E-state index is -1.19. The number of rotatable bonds is 4. The largest absolute Gasteiger partial charge is 0.464 e. The van der Waals surface area contributed by atoms with E-state index in [1.165, 1.54) is 0 Å². The van der Waals surface area contributed by atoms with Gasteiger partial charge in [-0.15, -0.1) is 0 Å². The molecule has 2 heterocycles. The maximum Gasteiger partial charge on any atom is 0.422 e. The van der Waals surface area contributed by atoms with Crippen molar-refractivity contribution in [1.82, 2.24) is 14.6 Å². The Morgan fingerprint density at radius 3 is 2.76 bits per heavy atom. The molecule has 2 aromatic rings. The van der Waals surface area contributed by atoms with Crippen molar-refractivity contribution in [2.45, 2.75) is 33.4 Å². The SMILES string of the molecule is CCn1cc(Br)c2cnc(C([C](C)C)N(N)C(=O)O)cc21. The summed E-state index contributed by atoms with van der Waals surface area (Å²) < 4.78 is 3.05. The lowest BCUT2D eigenvalue weighted by Crippen LogP contribution is -2.41. The second-order valence-electron chi connectivity index (χ2n) is 5.06. The van der Waals surface area contributed by atoms with E-state index in [4.69, 9.17) is 10.9 Å². The lowest BCUT2D eigenvalue weighted by atomic mass is 9.99. The number of amides is 1. The second-order valence-corrected chi connectivity index (χ2v) is 5.91. The van der Waals surface area contributed by atoms with Crippen LogP contribution in [0.2, 0.25) is 0 Å². The summed E-state index contributed by atoms with van der Waals surface area (Å²) in [7, 11) is 0. The van der Waals surface area contributed by atoms with Gasteiger partial charge >= 0.3 is 6.09 Å². The zero-order valence-corrected chi connectivity index (χ0v) is 13.8. The molecule has 0 fully saturated rings. The lowest BCUT2D eigenvalue weighted by Gasteiger charge is -2.27. The molecule has 1 unspecified atom stereocenters. The molecule has 0 aliphatic carbocycles. The Bertz CT molecular complexity index is 668. The van der Waals surface area contributed by atoms with Crippen LogP contribution in [0.5, 0.6) is 0 Å². The summed E-state index contributed by atoms with van der Waals surface area (Å²) in [5, 5.41) is 10.9. The van der Waals surface area contributed by atoms with Crippen LogP contribution < -0.4 is 5.84 Å². The molecule has 6 nitrogen and oxygen atoms in total. The maximum absolute atomic E-state index is 11.2. The third-order valence-electron chi connectivity index (χ3n) is 3.41. The number of hydrogen-bond acceptors (Lipinski definition) is 3. The van der Waals surface area contributed by atoms with Crippen LogP contribution in [0.15, 0.2) is 22.9 Å². The number of hydrogen-bond donors (Lipinski definition) is 2. The first-order valence-corrected chi connectivity index (χ1v) is 7.37. The van der Waals surface area contributed by atoms with Crippen LogP contribution in [0.4, 0.5) is 4.79 Å². The third-order valence-corrected chi connectivity index (χ3v) is 4.04. The number of aromatic nitrogens is 2. The summed E-state index contributed by atoms with van der Waals surface area (Å²) in [6.45, 7) is 6.55. The fourth-order valence-corrected chi connectivity index (χ4v) is 2.95. The molecular weight excluding hydrogens is 336 g/mol. The molecule has 1 amide bonds. The van der Waals surface area contributed by atoms with Gasteiger partial charge in [0.15, 0.2) is 0 Å². The van der Waals surface area contributed by atoms with Gasteiger partial charge < -0.3 is 9.67 Å². The third kappa shape index (κ3) is 2.89. The van der Waals surface area contributed by atoms with Crippen LogP contribution in [0.1, 0.15) is 32.5 Å². The standard InChI is InChI=1S/C14H18BrN4O2/c1-4-18-7-10(15)9-6-17-11(5-12(9)18)13(8(2)3)19(16)14(20)21/h5-7,13H,4,16H2,1-3H3,(H,20,21). The molecular formula is C14H18BrN4O2. The summed E-state index contributed by atoms with van der Waals surface area (Å²) in [4.78, 5) is 15.5. The molecule has 0 aliphatic heterocycles. The van der Waals surface area contributed by atoms with Crippen molar-refractivity contribution in [2.75, 3.05) is 0 Å². The first-order chi connectivity index (χ1) is 9.86. The van der Waals surface area contributed by atoms with Crippen molar-refractivity contribution < 1.29 is 9.90 Å². The molecule has 2 rings (SSSR count). The van der Waals surface area contributed by atoms with E-state index in [1.807, 2.05) is 33.0 Å². The van der Waals surface area contributed by atoms with E-state index in [2.05, 4.69) is 25.5 Å². The Hall–Kier alpha value is -1.60. The van der Waals surface area contributed by atoms with Gasteiger partial charge in [-0.2, -0.15) is 0 Å². The number of carboxylic acid groups (broad SMARTS) is 1. The Labute approximate surface area is 131 Å². The van der Waals surface area contributed by atoms with Crippen LogP contribution in [0.25, 0.3) is 10.9 Å². The van der Waals surface area contributed by atoms with E-state index in [0.29, 0.717) is 5.69 Å². The molecule has 3 N–H and O–H groups in total. The van der Waals surface area contributed by atoms with E-state index in [9.17, 15) is 4.79 Å². The van der Waals surface area contributed by atoms with Crippen molar-refractivity contribution >= 4 is 32.9 Å². The molecule has 113 valence electrons. The molecule has 0 bridgehead atoms. The quantitative estimate of drug-likeness (QED) is 0.501. The van der Waals surface area contributed by atoms with E-state index in [0.717, 1.165) is 32.8 Å². The van der Waals surface area contributed by atoms with E-state index < -0.39 is 12.1 Å². The molecule has 1 radical (unpaired) electrons. The van der Waals surface area contributed by atoms with Gasteiger partial charge in [0.05, 0.1) is 17.3 Å². The highest BCUT2D eigenvalue weighted by Gasteiger charge is 2.27. The summed E-state index contributed by atoms with van der Waals surface area (Å²) in [6.07, 6.45) is 2.55. The predicted octanol–water partition coefficient (Wildman–Crippen LogP) is 3.33. The number of halogens is 1. The number of nitrogens with two attached hydrogens (primary N) is 1. The van der Waals surface area contributed by atoms with Crippen LogP contribution in [-0.2, 0) is 6.54 Å². The number of fused-ring (bicyclic) bond motifs is 1. The topological polar surface area (TPSA) is 84.4 Å². The Balaban J connectivity index is 2.56. The minimum absolute atomic E-state index is 0.564. The van der Waals surface area contributed by atoms with E-state index in [-0.39, 0.29) is 0 Å². The van der Waals surface area contributed by atoms with Crippen molar-refractivity contribution in [1.29, 1.82) is 0 Å². The monoisotopic (exact) mass is 353 g/mol. The highest BCUT2D eigenvalue weighted by molar-refractivity contribution is 9.10. The number of aryl methyl sites for hydroxylation is 1. The Morgan fingerprint density at radius 1 is 1.57 bits per heavy atom. The molecule has 2 aromatic heterocycles. The molecule has 0 aromatic carbocycles. The van der Waals surface area contributed by atoms with Gasteiger partial charge in [-0.1, -0.05) is 13.8 Å². The average Bonchev–Trinajstić information content (AvgIpc) is 2.74. The molecule has 0 saturated carbocycles. The van der Waals surface area contributed by atoms with Gasteiger partial charge in [0.1, 0.15) is 0 Å². The zero-order valence-electron chi connectivity index (χ0n) is 12.2. The van der Waals surface area contributed by atoms with Gasteiger partial charge in [0.2, 0.25) is 0 Å². The Morgan fingerprint density at radius 2 is 2.24 bits per heavy atom. The van der Waals surface area contributed by atoms with Crippen molar-refractivity contribution in [3.05, 3.63) is 34.5 Å². The van der Waals surface area contributed by atoms with Gasteiger partial charge in [-0.05, 0) is 28.9 Å². The Kier molecular flexibility index (Phi) is 4.53. The van der Waals surface area contributed by atoms with Gasteiger partial charge in [0, 0.05) is 34.7 Å². The van der Waals surface area contributed by atoms with Gasteiger partial charge in [-0.3, -0.25) is 4.98 Å². The smallest absolute Gasteiger partial charge is 0.422 e. The molecule has 0 aliphatic rings. The summed E-state index contributed by atoms with van der Waals surface area (Å²) >= 11 is 3.51. The number of hydrazine groups is 1. The lowest BCUT2D eigenvalue weighted by molar-refractivity contribution is 0.126. The number of pyridine rings is 1. The number of carbonyl (C=O) groups is 1. The van der Waals surface area contributed by atoms with E-state index in [1.54, 1.807) is 6.20 Å². The first kappa shape index (κ1) is 15.8. The summed E-state index contributed by atoms with van der Waals surface area (Å²) in [5.41, 5.74) is 1.62. The van der Waals surface area contributed by atoms with Crippen molar-refractivity contribution in [3.8, 4) is 0 Å². The highest BCUT2D eigenvalue weighted by Crippen LogP contribution is 2.31. The normalized spacial score (nSPS) is 12.9. The molecule has 21 heavy (non-hydrogen) atoms. The van der Waals surface area contributed by atoms with Gasteiger partial charge in [0.25, 0.3) is 0 Å². The fourth-order valence-electron chi connectivity index (χ4n) is 2.40. The van der Waals surface area contributed by atoms with Crippen LogP contribution >= 0.6 is 15.9 Å². The summed E-state index contributed by atoms with van der Waals surface area (Å²) in [6, 6.07) is 1.33. The first-order valence-electron chi connectivity index (χ1n) is 6.58.